The van der Waals surface area contributed by atoms with Crippen LogP contribution in [0.3, 0.4) is 0 Å². The fourth-order valence-electron chi connectivity index (χ4n) is 1.77. The zero-order valence-electron chi connectivity index (χ0n) is 9.42. The first-order chi connectivity index (χ1) is 6.91. The lowest BCUT2D eigenvalue weighted by atomic mass is 9.81. The monoisotopic (exact) mass is 211 g/mol. The smallest absolute Gasteiger partial charge is 0.123 e. The highest BCUT2D eigenvalue weighted by Crippen LogP contribution is 2.30. The molecule has 0 bridgehead atoms. The summed E-state index contributed by atoms with van der Waals surface area (Å²) < 4.78 is 12.9. The number of nitrogens with two attached hydrogens (primary N) is 1. The summed E-state index contributed by atoms with van der Waals surface area (Å²) in [5.74, 6) is -0.300. The molecule has 15 heavy (non-hydrogen) atoms. The van der Waals surface area contributed by atoms with Crippen molar-refractivity contribution in [2.45, 2.75) is 26.4 Å². The average Bonchev–Trinajstić information content (AvgIpc) is 2.16. The van der Waals surface area contributed by atoms with Crippen LogP contribution in [0.4, 0.5) is 4.39 Å². The van der Waals surface area contributed by atoms with E-state index in [9.17, 15) is 9.50 Å². The lowest BCUT2D eigenvalue weighted by Gasteiger charge is -2.32. The van der Waals surface area contributed by atoms with Crippen LogP contribution in [0, 0.1) is 18.7 Å². The molecule has 1 rings (SSSR count). The second-order valence-corrected chi connectivity index (χ2v) is 4.24. The van der Waals surface area contributed by atoms with E-state index in [-0.39, 0.29) is 18.3 Å². The molecule has 1 atom stereocenters. The molecule has 0 aliphatic heterocycles. The number of rotatable bonds is 3. The van der Waals surface area contributed by atoms with Gasteiger partial charge >= 0.3 is 0 Å². The minimum absolute atomic E-state index is 0.00772. The Morgan fingerprint density at radius 2 is 2.07 bits per heavy atom. The highest BCUT2D eigenvalue weighted by Gasteiger charge is 2.32. The fourth-order valence-corrected chi connectivity index (χ4v) is 1.77. The standard InChI is InChI=1S/C12H18FNO/c1-8(2)12(15,7-14)11-5-4-10(13)6-9(11)3/h4-6,8,15H,7,14H2,1-3H3. The van der Waals surface area contributed by atoms with Gasteiger partial charge in [0.15, 0.2) is 0 Å². The van der Waals surface area contributed by atoms with E-state index in [1.165, 1.54) is 12.1 Å². The van der Waals surface area contributed by atoms with Crippen molar-refractivity contribution < 1.29 is 9.50 Å². The molecule has 3 N–H and O–H groups in total. The Balaban J connectivity index is 3.24. The zero-order chi connectivity index (χ0) is 11.6. The van der Waals surface area contributed by atoms with Crippen molar-refractivity contribution in [1.29, 1.82) is 0 Å². The molecule has 0 aromatic heterocycles. The highest BCUT2D eigenvalue weighted by atomic mass is 19.1. The maximum absolute atomic E-state index is 12.9. The minimum atomic E-state index is -1.07. The summed E-state index contributed by atoms with van der Waals surface area (Å²) in [5, 5.41) is 10.4. The average molecular weight is 211 g/mol. The van der Waals surface area contributed by atoms with E-state index >= 15 is 0 Å². The number of hydrogen-bond acceptors (Lipinski definition) is 2. The molecular formula is C12H18FNO. The molecule has 0 fully saturated rings. The summed E-state index contributed by atoms with van der Waals surface area (Å²) in [6, 6.07) is 4.38. The molecule has 0 radical (unpaired) electrons. The maximum Gasteiger partial charge on any atom is 0.123 e. The van der Waals surface area contributed by atoms with Crippen molar-refractivity contribution in [1.82, 2.24) is 0 Å². The number of halogens is 1. The predicted octanol–water partition coefficient (Wildman–Crippen LogP) is 1.94. The van der Waals surface area contributed by atoms with E-state index in [4.69, 9.17) is 5.73 Å². The van der Waals surface area contributed by atoms with Gasteiger partial charge in [0.2, 0.25) is 0 Å². The van der Waals surface area contributed by atoms with Crippen LogP contribution < -0.4 is 5.73 Å². The van der Waals surface area contributed by atoms with Crippen LogP contribution in [0.25, 0.3) is 0 Å². The minimum Gasteiger partial charge on any atom is -0.384 e. The van der Waals surface area contributed by atoms with Crippen molar-refractivity contribution >= 4 is 0 Å². The Hall–Kier alpha value is -0.930. The molecule has 0 saturated carbocycles. The number of hydrogen-bond donors (Lipinski definition) is 2. The van der Waals surface area contributed by atoms with E-state index in [1.54, 1.807) is 13.0 Å². The van der Waals surface area contributed by atoms with Gasteiger partial charge in [-0.25, -0.2) is 4.39 Å². The largest absolute Gasteiger partial charge is 0.384 e. The van der Waals surface area contributed by atoms with Gasteiger partial charge in [-0.15, -0.1) is 0 Å². The molecule has 1 aromatic carbocycles. The Labute approximate surface area is 89.9 Å². The summed E-state index contributed by atoms with van der Waals surface area (Å²) in [5.41, 5.74) is 5.97. The van der Waals surface area contributed by atoms with Crippen LogP contribution >= 0.6 is 0 Å². The fraction of sp³-hybridized carbons (Fsp3) is 0.500. The summed E-state index contributed by atoms with van der Waals surface area (Å²) in [4.78, 5) is 0. The molecule has 2 nitrogen and oxygen atoms in total. The molecule has 1 unspecified atom stereocenters. The second kappa shape index (κ2) is 4.29. The number of aliphatic hydroxyl groups is 1. The van der Waals surface area contributed by atoms with Crippen LogP contribution in [-0.2, 0) is 5.60 Å². The Bertz CT molecular complexity index is 351. The van der Waals surface area contributed by atoms with E-state index < -0.39 is 5.60 Å². The lowest BCUT2D eigenvalue weighted by Crippen LogP contribution is -2.40. The first-order valence-corrected chi connectivity index (χ1v) is 5.11. The summed E-state index contributed by atoms with van der Waals surface area (Å²) in [6.45, 7) is 5.71. The van der Waals surface area contributed by atoms with Gasteiger partial charge in [0.1, 0.15) is 11.4 Å². The molecule has 0 spiro atoms. The van der Waals surface area contributed by atoms with Crippen molar-refractivity contribution in [3.05, 3.63) is 35.1 Å². The molecule has 0 aliphatic carbocycles. The van der Waals surface area contributed by atoms with Crippen molar-refractivity contribution in [3.8, 4) is 0 Å². The quantitative estimate of drug-likeness (QED) is 0.802. The first kappa shape index (κ1) is 12.1. The van der Waals surface area contributed by atoms with E-state index in [0.29, 0.717) is 5.56 Å². The number of benzene rings is 1. The van der Waals surface area contributed by atoms with Gasteiger partial charge < -0.3 is 10.8 Å². The lowest BCUT2D eigenvalue weighted by molar-refractivity contribution is -0.00176. The molecule has 0 heterocycles. The second-order valence-electron chi connectivity index (χ2n) is 4.24. The van der Waals surface area contributed by atoms with Crippen LogP contribution in [0.5, 0.6) is 0 Å². The highest BCUT2D eigenvalue weighted by molar-refractivity contribution is 5.32. The van der Waals surface area contributed by atoms with Crippen LogP contribution in [-0.4, -0.2) is 11.7 Å². The normalized spacial score (nSPS) is 15.4. The Morgan fingerprint density at radius 3 is 2.47 bits per heavy atom. The third kappa shape index (κ3) is 2.19. The van der Waals surface area contributed by atoms with Gasteiger partial charge in [0.25, 0.3) is 0 Å². The van der Waals surface area contributed by atoms with E-state index in [2.05, 4.69) is 0 Å². The van der Waals surface area contributed by atoms with Crippen molar-refractivity contribution in [3.63, 3.8) is 0 Å². The van der Waals surface area contributed by atoms with Crippen LogP contribution in [0.15, 0.2) is 18.2 Å². The zero-order valence-corrected chi connectivity index (χ0v) is 9.42. The van der Waals surface area contributed by atoms with Gasteiger partial charge in [-0.3, -0.25) is 0 Å². The van der Waals surface area contributed by atoms with Crippen molar-refractivity contribution in [2.24, 2.45) is 11.7 Å². The number of aryl methyl sites for hydroxylation is 1. The molecule has 1 aromatic rings. The predicted molar refractivity (Wildman–Crippen MR) is 58.9 cm³/mol. The maximum atomic E-state index is 12.9. The Kier molecular flexibility index (Phi) is 3.47. The third-order valence-corrected chi connectivity index (χ3v) is 2.92. The molecule has 0 amide bonds. The van der Waals surface area contributed by atoms with Gasteiger partial charge in [0.05, 0.1) is 0 Å². The molecule has 0 saturated heterocycles. The van der Waals surface area contributed by atoms with Crippen LogP contribution in [0.2, 0.25) is 0 Å². The third-order valence-electron chi connectivity index (χ3n) is 2.92. The molecule has 84 valence electrons. The van der Waals surface area contributed by atoms with Gasteiger partial charge in [-0.05, 0) is 36.1 Å². The summed E-state index contributed by atoms with van der Waals surface area (Å²) in [7, 11) is 0. The first-order valence-electron chi connectivity index (χ1n) is 5.11. The van der Waals surface area contributed by atoms with E-state index in [0.717, 1.165) is 5.56 Å². The van der Waals surface area contributed by atoms with Gasteiger partial charge in [-0.1, -0.05) is 19.9 Å². The molecular weight excluding hydrogens is 193 g/mol. The molecule has 3 heteroatoms. The SMILES string of the molecule is Cc1cc(F)ccc1C(O)(CN)C(C)C. The summed E-state index contributed by atoms with van der Waals surface area (Å²) in [6.07, 6.45) is 0. The van der Waals surface area contributed by atoms with Gasteiger partial charge in [-0.2, -0.15) is 0 Å². The summed E-state index contributed by atoms with van der Waals surface area (Å²) >= 11 is 0. The van der Waals surface area contributed by atoms with E-state index in [1.807, 2.05) is 13.8 Å². The van der Waals surface area contributed by atoms with Gasteiger partial charge in [0, 0.05) is 6.54 Å². The van der Waals surface area contributed by atoms with Crippen molar-refractivity contribution in [2.75, 3.05) is 6.54 Å². The Morgan fingerprint density at radius 1 is 1.47 bits per heavy atom. The molecule has 0 aliphatic rings. The van der Waals surface area contributed by atoms with Crippen LogP contribution in [0.1, 0.15) is 25.0 Å². The topological polar surface area (TPSA) is 46.2 Å².